The van der Waals surface area contributed by atoms with Gasteiger partial charge in [-0.3, -0.25) is 4.79 Å². The highest BCUT2D eigenvalue weighted by molar-refractivity contribution is 5.76. The van der Waals surface area contributed by atoms with Crippen molar-refractivity contribution in [3.63, 3.8) is 0 Å². The van der Waals surface area contributed by atoms with E-state index in [0.717, 1.165) is 41.0 Å². The Bertz CT molecular complexity index is 1030. The average Bonchev–Trinajstić information content (AvgIpc) is 2.87. The van der Waals surface area contributed by atoms with Crippen LogP contribution in [0.15, 0.2) is 60.9 Å². The maximum Gasteiger partial charge on any atom is 0.326 e. The number of carbonyl (C=O) groups excluding carboxylic acids is 1. The highest BCUT2D eigenvalue weighted by atomic mass is 16.5. The van der Waals surface area contributed by atoms with E-state index in [2.05, 4.69) is 22.2 Å². The fourth-order valence-electron chi connectivity index (χ4n) is 3.59. The number of nitrogens with one attached hydrogen (secondary N) is 1. The van der Waals surface area contributed by atoms with E-state index in [4.69, 9.17) is 9.84 Å². The van der Waals surface area contributed by atoms with Gasteiger partial charge in [0.15, 0.2) is 5.82 Å². The Balaban J connectivity index is 1.56. The molecule has 0 saturated carbocycles. The second-order valence-corrected chi connectivity index (χ2v) is 8.16. The van der Waals surface area contributed by atoms with Crippen molar-refractivity contribution in [3.05, 3.63) is 66.5 Å². The highest BCUT2D eigenvalue weighted by Crippen LogP contribution is 2.23. The molecule has 0 fully saturated rings. The predicted octanol–water partition coefficient (Wildman–Crippen LogP) is 4.90. The molecule has 7 nitrogen and oxygen atoms in total. The lowest BCUT2D eigenvalue weighted by molar-refractivity contribution is -0.140. The van der Waals surface area contributed by atoms with E-state index in [9.17, 15) is 9.59 Å². The molecule has 0 bridgehead atoms. The zero-order valence-corrected chi connectivity index (χ0v) is 19.4. The van der Waals surface area contributed by atoms with Gasteiger partial charge < -0.3 is 15.2 Å². The zero-order chi connectivity index (χ0) is 24.2. The van der Waals surface area contributed by atoms with Crippen molar-refractivity contribution in [1.29, 1.82) is 0 Å². The molecule has 0 aliphatic rings. The maximum atomic E-state index is 11.2. The van der Waals surface area contributed by atoms with E-state index >= 15 is 0 Å². The number of hydrogen-bond donors (Lipinski definition) is 2. The molecular weight excluding hydrogens is 430 g/mol. The number of rotatable bonds is 14. The minimum atomic E-state index is -1.07. The molecule has 0 aliphatic carbocycles. The van der Waals surface area contributed by atoms with Crippen LogP contribution in [0.25, 0.3) is 22.5 Å². The molecule has 178 valence electrons. The van der Waals surface area contributed by atoms with Gasteiger partial charge in [-0.2, -0.15) is 0 Å². The summed E-state index contributed by atoms with van der Waals surface area (Å²) in [4.78, 5) is 30.7. The maximum absolute atomic E-state index is 11.2. The predicted molar refractivity (Wildman–Crippen MR) is 131 cm³/mol. The van der Waals surface area contributed by atoms with Crippen LogP contribution in [0.5, 0.6) is 5.75 Å². The van der Waals surface area contributed by atoms with Gasteiger partial charge in [0.2, 0.25) is 6.41 Å². The molecule has 0 saturated heterocycles. The van der Waals surface area contributed by atoms with Crippen LogP contribution in [0.1, 0.15) is 44.6 Å². The van der Waals surface area contributed by atoms with Crippen LogP contribution in [0.3, 0.4) is 0 Å². The molecule has 1 atom stereocenters. The van der Waals surface area contributed by atoms with Crippen molar-refractivity contribution in [2.45, 2.75) is 51.5 Å². The topological polar surface area (TPSA) is 101 Å². The van der Waals surface area contributed by atoms with Crippen molar-refractivity contribution < 1.29 is 19.4 Å². The number of benzene rings is 2. The van der Waals surface area contributed by atoms with Crippen LogP contribution in [-0.4, -0.2) is 40.1 Å². The standard InChI is InChI=1S/C27H31N3O4/c1-2-3-4-5-6-15-34-24-13-11-21(12-14-24)23-17-28-26(29-18-23)22-9-7-20(8-10-22)16-25(27(32)33)30-19-31/h7-14,17-19,25H,2-6,15-16H2,1H3,(H,30,31)(H,32,33). The van der Waals surface area contributed by atoms with E-state index in [0.29, 0.717) is 12.2 Å². The number of aliphatic carboxylic acids is 1. The van der Waals surface area contributed by atoms with Crippen LogP contribution >= 0.6 is 0 Å². The third kappa shape index (κ3) is 7.40. The summed E-state index contributed by atoms with van der Waals surface area (Å²) in [5.41, 5.74) is 3.55. The largest absolute Gasteiger partial charge is 0.494 e. The Morgan fingerprint density at radius 3 is 2.21 bits per heavy atom. The normalized spacial score (nSPS) is 11.6. The molecule has 1 unspecified atom stereocenters. The number of nitrogens with zero attached hydrogens (tertiary/aromatic N) is 2. The molecule has 34 heavy (non-hydrogen) atoms. The molecule has 7 heteroatoms. The fourth-order valence-corrected chi connectivity index (χ4v) is 3.59. The molecule has 1 aromatic heterocycles. The number of aromatic nitrogens is 2. The second-order valence-electron chi connectivity index (χ2n) is 8.16. The first-order valence-corrected chi connectivity index (χ1v) is 11.7. The Morgan fingerprint density at radius 2 is 1.59 bits per heavy atom. The van der Waals surface area contributed by atoms with Crippen LogP contribution in [-0.2, 0) is 16.0 Å². The SMILES string of the molecule is CCCCCCCOc1ccc(-c2cnc(-c3ccc(CC(NC=O)C(=O)O)cc3)nc2)cc1. The van der Waals surface area contributed by atoms with Gasteiger partial charge in [-0.1, -0.05) is 69.0 Å². The Hall–Kier alpha value is -3.74. The molecule has 1 heterocycles. The molecular formula is C27H31N3O4. The number of carboxylic acid groups (broad SMARTS) is 1. The summed E-state index contributed by atoms with van der Waals surface area (Å²) in [6.45, 7) is 2.95. The van der Waals surface area contributed by atoms with E-state index in [1.165, 1.54) is 25.7 Å². The summed E-state index contributed by atoms with van der Waals surface area (Å²) in [7, 11) is 0. The summed E-state index contributed by atoms with van der Waals surface area (Å²) in [6, 6.07) is 14.3. The summed E-state index contributed by atoms with van der Waals surface area (Å²) in [5.74, 6) is 0.376. The molecule has 3 aromatic rings. The minimum Gasteiger partial charge on any atom is -0.494 e. The summed E-state index contributed by atoms with van der Waals surface area (Å²) < 4.78 is 5.83. The monoisotopic (exact) mass is 461 g/mol. The molecule has 0 radical (unpaired) electrons. The fraction of sp³-hybridized carbons (Fsp3) is 0.333. The first kappa shape index (κ1) is 24.9. The van der Waals surface area contributed by atoms with Crippen LogP contribution < -0.4 is 10.1 Å². The van der Waals surface area contributed by atoms with Gasteiger partial charge >= 0.3 is 5.97 Å². The lowest BCUT2D eigenvalue weighted by Gasteiger charge is -2.11. The summed E-state index contributed by atoms with van der Waals surface area (Å²) >= 11 is 0. The van der Waals surface area contributed by atoms with Crippen LogP contribution in [0, 0.1) is 0 Å². The zero-order valence-electron chi connectivity index (χ0n) is 19.4. The van der Waals surface area contributed by atoms with Gasteiger partial charge in [0.05, 0.1) is 6.61 Å². The molecule has 0 aliphatic heterocycles. The van der Waals surface area contributed by atoms with Gasteiger partial charge in [0, 0.05) is 29.9 Å². The molecule has 1 amide bonds. The first-order chi connectivity index (χ1) is 16.6. The van der Waals surface area contributed by atoms with E-state index in [1.54, 1.807) is 12.4 Å². The lowest BCUT2D eigenvalue weighted by Crippen LogP contribution is -2.37. The van der Waals surface area contributed by atoms with Gasteiger partial charge in [-0.05, 0) is 29.7 Å². The molecule has 2 N–H and O–H groups in total. The van der Waals surface area contributed by atoms with Crippen molar-refractivity contribution in [1.82, 2.24) is 15.3 Å². The minimum absolute atomic E-state index is 0.201. The number of hydrogen-bond acceptors (Lipinski definition) is 5. The molecule has 3 rings (SSSR count). The summed E-state index contributed by atoms with van der Waals surface area (Å²) in [5, 5.41) is 11.5. The number of carbonyl (C=O) groups is 2. The van der Waals surface area contributed by atoms with E-state index in [1.807, 2.05) is 48.5 Å². The smallest absolute Gasteiger partial charge is 0.326 e. The first-order valence-electron chi connectivity index (χ1n) is 11.7. The number of amides is 1. The van der Waals surface area contributed by atoms with Gasteiger partial charge in [0.25, 0.3) is 0 Å². The Morgan fingerprint density at radius 1 is 0.941 bits per heavy atom. The third-order valence-electron chi connectivity index (χ3n) is 5.58. The van der Waals surface area contributed by atoms with Crippen molar-refractivity contribution in [2.24, 2.45) is 0 Å². The number of carboxylic acids is 1. The van der Waals surface area contributed by atoms with Gasteiger partial charge in [-0.15, -0.1) is 0 Å². The quantitative estimate of drug-likeness (QED) is 0.261. The van der Waals surface area contributed by atoms with Crippen molar-refractivity contribution in [2.75, 3.05) is 6.61 Å². The van der Waals surface area contributed by atoms with E-state index < -0.39 is 12.0 Å². The summed E-state index contributed by atoms with van der Waals surface area (Å²) in [6.07, 6.45) is 10.3. The van der Waals surface area contributed by atoms with Gasteiger partial charge in [-0.25, -0.2) is 14.8 Å². The van der Waals surface area contributed by atoms with Crippen molar-refractivity contribution >= 4 is 12.4 Å². The Kier molecular flexibility index (Phi) is 9.58. The second kappa shape index (κ2) is 13.1. The third-order valence-corrected chi connectivity index (χ3v) is 5.58. The van der Waals surface area contributed by atoms with Gasteiger partial charge in [0.1, 0.15) is 11.8 Å². The van der Waals surface area contributed by atoms with Crippen LogP contribution in [0.4, 0.5) is 0 Å². The van der Waals surface area contributed by atoms with Crippen LogP contribution in [0.2, 0.25) is 0 Å². The van der Waals surface area contributed by atoms with E-state index in [-0.39, 0.29) is 6.42 Å². The lowest BCUT2D eigenvalue weighted by atomic mass is 10.0. The number of unbranched alkanes of at least 4 members (excludes halogenated alkanes) is 4. The van der Waals surface area contributed by atoms with Crippen molar-refractivity contribution in [3.8, 4) is 28.3 Å². The molecule has 0 spiro atoms. The molecule has 2 aromatic carbocycles. The highest BCUT2D eigenvalue weighted by Gasteiger charge is 2.16. The number of ether oxygens (including phenoxy) is 1. The average molecular weight is 462 g/mol. The Labute approximate surface area is 200 Å².